The molecule has 1 saturated heterocycles. The van der Waals surface area contributed by atoms with Crippen LogP contribution in [0.3, 0.4) is 0 Å². The fourth-order valence-electron chi connectivity index (χ4n) is 1.94. The third-order valence-electron chi connectivity index (χ3n) is 3.02. The van der Waals surface area contributed by atoms with Crippen molar-refractivity contribution in [3.05, 3.63) is 45.8 Å². The molecule has 0 saturated carbocycles. The Kier molecular flexibility index (Phi) is 3.98. The summed E-state index contributed by atoms with van der Waals surface area (Å²) < 4.78 is 6.74. The average molecular weight is 305 g/mol. The van der Waals surface area contributed by atoms with Gasteiger partial charge in [-0.25, -0.2) is 4.98 Å². The van der Waals surface area contributed by atoms with E-state index in [1.54, 1.807) is 23.7 Å². The minimum Gasteiger partial charge on any atom is -0.380 e. The molecule has 3 rings (SSSR count). The lowest BCUT2D eigenvalue weighted by atomic mass is 10.4. The van der Waals surface area contributed by atoms with Gasteiger partial charge in [-0.1, -0.05) is 6.07 Å². The number of ether oxygens (including phenoxy) is 1. The van der Waals surface area contributed by atoms with Gasteiger partial charge >= 0.3 is 0 Å². The van der Waals surface area contributed by atoms with Gasteiger partial charge in [0.05, 0.1) is 26.3 Å². The molecule has 0 bridgehead atoms. The maximum Gasteiger partial charge on any atom is 0.256 e. The molecule has 110 valence electrons. The zero-order valence-corrected chi connectivity index (χ0v) is 12.1. The molecule has 0 aliphatic carbocycles. The first-order valence-corrected chi connectivity index (χ1v) is 7.43. The highest BCUT2D eigenvalue weighted by atomic mass is 32.1. The number of aromatic nitrogens is 2. The Morgan fingerprint density at radius 2 is 2.19 bits per heavy atom. The van der Waals surface area contributed by atoms with E-state index < -0.39 is 0 Å². The Morgan fingerprint density at radius 1 is 1.38 bits per heavy atom. The van der Waals surface area contributed by atoms with Crippen molar-refractivity contribution in [2.24, 2.45) is 10.8 Å². The summed E-state index contributed by atoms with van der Waals surface area (Å²) >= 11 is 1.35. The standard InChI is InChI=1S/C13H15N5O2S/c14-12(16-17-5-7-20-8-6-17)10-9-21-13(15-10)18-4-2-1-3-11(18)19/h1-4,9H,5-8H2,(H2,14,16). The number of morpholine rings is 1. The van der Waals surface area contributed by atoms with E-state index >= 15 is 0 Å². The number of nitrogens with zero attached hydrogens (tertiary/aromatic N) is 4. The van der Waals surface area contributed by atoms with Crippen LogP contribution in [-0.4, -0.2) is 46.7 Å². The molecular formula is C13H15N5O2S. The third-order valence-corrected chi connectivity index (χ3v) is 3.86. The monoisotopic (exact) mass is 305 g/mol. The summed E-state index contributed by atoms with van der Waals surface area (Å²) in [6.07, 6.45) is 1.68. The van der Waals surface area contributed by atoms with E-state index in [0.717, 1.165) is 13.1 Å². The zero-order chi connectivity index (χ0) is 14.7. The van der Waals surface area contributed by atoms with Gasteiger partial charge in [0.15, 0.2) is 11.0 Å². The molecule has 8 heteroatoms. The molecule has 2 N–H and O–H groups in total. The van der Waals surface area contributed by atoms with Gasteiger partial charge in [0.1, 0.15) is 5.69 Å². The summed E-state index contributed by atoms with van der Waals surface area (Å²) in [6, 6.07) is 4.97. The first kappa shape index (κ1) is 13.8. The van der Waals surface area contributed by atoms with Crippen LogP contribution < -0.4 is 11.3 Å². The Hall–Kier alpha value is -2.19. The predicted octanol–water partition coefficient (Wildman–Crippen LogP) is 0.246. The summed E-state index contributed by atoms with van der Waals surface area (Å²) in [5.74, 6) is 0.350. The summed E-state index contributed by atoms with van der Waals surface area (Å²) in [5.41, 5.74) is 6.44. The van der Waals surface area contributed by atoms with E-state index in [0.29, 0.717) is 29.9 Å². The molecule has 0 radical (unpaired) electrons. The third kappa shape index (κ3) is 3.11. The molecule has 21 heavy (non-hydrogen) atoms. The predicted molar refractivity (Wildman–Crippen MR) is 80.8 cm³/mol. The number of thiazole rings is 1. The lowest BCUT2D eigenvalue weighted by Gasteiger charge is -2.24. The first-order valence-electron chi connectivity index (χ1n) is 6.55. The number of rotatable bonds is 3. The van der Waals surface area contributed by atoms with E-state index in [2.05, 4.69) is 10.1 Å². The Bertz CT molecular complexity index is 702. The van der Waals surface area contributed by atoms with Crippen LogP contribution in [0.2, 0.25) is 0 Å². The molecule has 0 atom stereocenters. The van der Waals surface area contributed by atoms with Gasteiger partial charge in [-0.2, -0.15) is 5.10 Å². The second kappa shape index (κ2) is 6.06. The quantitative estimate of drug-likeness (QED) is 0.649. The summed E-state index contributed by atoms with van der Waals surface area (Å²) in [6.45, 7) is 2.74. The van der Waals surface area contributed by atoms with Gasteiger partial charge in [-0.05, 0) is 6.07 Å². The fraction of sp³-hybridized carbons (Fsp3) is 0.308. The molecule has 1 aliphatic rings. The van der Waals surface area contributed by atoms with Gasteiger partial charge in [-0.3, -0.25) is 14.4 Å². The normalized spacial score (nSPS) is 16.2. The first-order chi connectivity index (χ1) is 10.2. The van der Waals surface area contributed by atoms with Crippen LogP contribution >= 0.6 is 11.3 Å². The van der Waals surface area contributed by atoms with Crippen LogP contribution in [0, 0.1) is 0 Å². The summed E-state index contributed by atoms with van der Waals surface area (Å²) in [4.78, 5) is 16.1. The van der Waals surface area contributed by atoms with E-state index in [9.17, 15) is 4.79 Å². The minimum absolute atomic E-state index is 0.123. The minimum atomic E-state index is -0.123. The highest BCUT2D eigenvalue weighted by molar-refractivity contribution is 7.12. The Balaban J connectivity index is 1.83. The van der Waals surface area contributed by atoms with E-state index in [-0.39, 0.29) is 5.56 Å². The van der Waals surface area contributed by atoms with Gasteiger partial charge in [0.25, 0.3) is 5.56 Å². The van der Waals surface area contributed by atoms with Gasteiger partial charge < -0.3 is 10.5 Å². The zero-order valence-electron chi connectivity index (χ0n) is 11.3. The topological polar surface area (TPSA) is 85.7 Å². The van der Waals surface area contributed by atoms with Crippen LogP contribution in [0.4, 0.5) is 0 Å². The molecule has 1 fully saturated rings. The van der Waals surface area contributed by atoms with Crippen LogP contribution in [0.25, 0.3) is 5.13 Å². The average Bonchev–Trinajstić information content (AvgIpc) is 2.98. The molecule has 2 aromatic heterocycles. The van der Waals surface area contributed by atoms with Crippen molar-refractivity contribution >= 4 is 17.2 Å². The second-order valence-corrected chi connectivity index (χ2v) is 5.31. The number of nitrogens with two attached hydrogens (primary N) is 1. The van der Waals surface area contributed by atoms with Crippen molar-refractivity contribution in [3.8, 4) is 5.13 Å². The molecule has 0 aromatic carbocycles. The van der Waals surface area contributed by atoms with Gasteiger partial charge in [0.2, 0.25) is 0 Å². The number of hydrazone groups is 1. The van der Waals surface area contributed by atoms with Crippen molar-refractivity contribution in [3.63, 3.8) is 0 Å². The van der Waals surface area contributed by atoms with Gasteiger partial charge in [-0.15, -0.1) is 11.3 Å². The molecule has 0 spiro atoms. The smallest absolute Gasteiger partial charge is 0.256 e. The van der Waals surface area contributed by atoms with Crippen molar-refractivity contribution in [1.82, 2.24) is 14.6 Å². The van der Waals surface area contributed by atoms with Crippen LogP contribution in [0.15, 0.2) is 39.7 Å². The Labute approximate surface area is 125 Å². The largest absolute Gasteiger partial charge is 0.380 e. The van der Waals surface area contributed by atoms with Crippen LogP contribution in [-0.2, 0) is 4.74 Å². The molecule has 0 amide bonds. The molecule has 3 heterocycles. The van der Waals surface area contributed by atoms with Crippen molar-refractivity contribution in [1.29, 1.82) is 0 Å². The van der Waals surface area contributed by atoms with Crippen LogP contribution in [0.5, 0.6) is 0 Å². The highest BCUT2D eigenvalue weighted by Crippen LogP contribution is 2.13. The molecule has 0 unspecified atom stereocenters. The number of hydrogen-bond donors (Lipinski definition) is 1. The van der Waals surface area contributed by atoms with E-state index in [1.807, 2.05) is 5.01 Å². The molecule has 7 nitrogen and oxygen atoms in total. The number of pyridine rings is 1. The van der Waals surface area contributed by atoms with Crippen molar-refractivity contribution in [2.75, 3.05) is 26.3 Å². The van der Waals surface area contributed by atoms with Crippen molar-refractivity contribution < 1.29 is 4.74 Å². The van der Waals surface area contributed by atoms with E-state index in [4.69, 9.17) is 10.5 Å². The number of amidine groups is 1. The van der Waals surface area contributed by atoms with Crippen molar-refractivity contribution in [2.45, 2.75) is 0 Å². The second-order valence-electron chi connectivity index (χ2n) is 4.48. The number of hydrogen-bond acceptors (Lipinski definition) is 6. The Morgan fingerprint density at radius 3 is 2.95 bits per heavy atom. The lowest BCUT2D eigenvalue weighted by Crippen LogP contribution is -2.34. The maximum atomic E-state index is 11.8. The van der Waals surface area contributed by atoms with Crippen LogP contribution in [0.1, 0.15) is 5.69 Å². The molecule has 1 aliphatic heterocycles. The maximum absolute atomic E-state index is 11.8. The summed E-state index contributed by atoms with van der Waals surface area (Å²) in [5, 5.41) is 8.59. The van der Waals surface area contributed by atoms with E-state index in [1.165, 1.54) is 22.0 Å². The highest BCUT2D eigenvalue weighted by Gasteiger charge is 2.12. The van der Waals surface area contributed by atoms with Gasteiger partial charge in [0, 0.05) is 17.6 Å². The summed E-state index contributed by atoms with van der Waals surface area (Å²) in [7, 11) is 0. The SMILES string of the molecule is NC(=NN1CCOCC1)c1csc(-n2ccccc2=O)n1. The molecule has 2 aromatic rings. The fourth-order valence-corrected chi connectivity index (χ4v) is 2.74. The molecular weight excluding hydrogens is 290 g/mol. The lowest BCUT2D eigenvalue weighted by molar-refractivity contribution is 0.0393.